The third-order valence-electron chi connectivity index (χ3n) is 1.79. The lowest BCUT2D eigenvalue weighted by Gasteiger charge is -2.02. The molecule has 0 spiro atoms. The van der Waals surface area contributed by atoms with Crippen molar-refractivity contribution in [2.75, 3.05) is 6.54 Å². The molecule has 1 aromatic carbocycles. The molecular formula is C10H11FN2O2. The molecule has 1 aromatic rings. The first kappa shape index (κ1) is 11.2. The van der Waals surface area contributed by atoms with Gasteiger partial charge in [-0.25, -0.2) is 4.39 Å². The van der Waals surface area contributed by atoms with E-state index in [2.05, 4.69) is 5.32 Å². The number of benzene rings is 1. The molecule has 0 bridgehead atoms. The van der Waals surface area contributed by atoms with E-state index in [1.165, 1.54) is 24.3 Å². The summed E-state index contributed by atoms with van der Waals surface area (Å²) in [6.45, 7) is -0.771. The number of amides is 2. The average molecular weight is 210 g/mol. The molecule has 2 amide bonds. The van der Waals surface area contributed by atoms with Crippen LogP contribution in [0.2, 0.25) is 0 Å². The normalized spacial score (nSPS) is 9.67. The lowest BCUT2D eigenvalue weighted by molar-refractivity contribution is -0.117. The standard InChI is InChI=1S/C10H11FN2O2/c11-5-7-1-3-8(4-2-7)10(15)13-6-9(12)14/h1-4H,5-6H2,(H2,12,14)(H,13,15). The molecule has 0 heterocycles. The maximum Gasteiger partial charge on any atom is 0.251 e. The zero-order valence-electron chi connectivity index (χ0n) is 8.00. The van der Waals surface area contributed by atoms with Crippen LogP contribution in [0.3, 0.4) is 0 Å². The number of halogens is 1. The Bertz CT molecular complexity index is 362. The van der Waals surface area contributed by atoms with Crippen LogP contribution in [0.25, 0.3) is 0 Å². The van der Waals surface area contributed by atoms with Crippen molar-refractivity contribution >= 4 is 11.8 Å². The van der Waals surface area contributed by atoms with Gasteiger partial charge in [-0.2, -0.15) is 0 Å². The molecule has 1 rings (SSSR count). The summed E-state index contributed by atoms with van der Waals surface area (Å²) in [6.07, 6.45) is 0. The van der Waals surface area contributed by atoms with Gasteiger partial charge in [0.25, 0.3) is 5.91 Å². The highest BCUT2D eigenvalue weighted by atomic mass is 19.1. The van der Waals surface area contributed by atoms with Crippen LogP contribution in [-0.2, 0) is 11.5 Å². The molecule has 0 radical (unpaired) electrons. The molecule has 0 unspecified atom stereocenters. The molecule has 0 aromatic heterocycles. The van der Waals surface area contributed by atoms with Crippen molar-refractivity contribution in [2.45, 2.75) is 6.67 Å². The molecule has 0 atom stereocenters. The minimum Gasteiger partial charge on any atom is -0.368 e. The molecule has 0 saturated carbocycles. The Hall–Kier alpha value is -1.91. The molecule has 3 N–H and O–H groups in total. The third kappa shape index (κ3) is 3.38. The number of hydrogen-bond acceptors (Lipinski definition) is 2. The van der Waals surface area contributed by atoms with E-state index in [4.69, 9.17) is 5.73 Å². The maximum absolute atomic E-state index is 12.2. The number of carbonyl (C=O) groups excluding carboxylic acids is 2. The summed E-state index contributed by atoms with van der Waals surface area (Å²) in [7, 11) is 0. The summed E-state index contributed by atoms with van der Waals surface area (Å²) in [5.41, 5.74) is 5.73. The number of nitrogens with one attached hydrogen (secondary N) is 1. The number of alkyl halides is 1. The Labute approximate surface area is 86.3 Å². The van der Waals surface area contributed by atoms with Gasteiger partial charge in [0.05, 0.1) is 6.54 Å². The second-order valence-electron chi connectivity index (χ2n) is 2.98. The number of rotatable bonds is 4. The molecule has 0 fully saturated rings. The summed E-state index contributed by atoms with van der Waals surface area (Å²) in [4.78, 5) is 21.7. The van der Waals surface area contributed by atoms with E-state index in [0.29, 0.717) is 11.1 Å². The highest BCUT2D eigenvalue weighted by Gasteiger charge is 2.05. The van der Waals surface area contributed by atoms with Crippen LogP contribution in [0, 0.1) is 0 Å². The summed E-state index contributed by atoms with van der Waals surface area (Å²) >= 11 is 0. The van der Waals surface area contributed by atoms with Gasteiger partial charge in [-0.15, -0.1) is 0 Å². The highest BCUT2D eigenvalue weighted by molar-refractivity contribution is 5.96. The second-order valence-corrected chi connectivity index (χ2v) is 2.98. The molecule has 15 heavy (non-hydrogen) atoms. The van der Waals surface area contributed by atoms with Gasteiger partial charge in [-0.3, -0.25) is 9.59 Å². The maximum atomic E-state index is 12.2. The molecule has 0 aliphatic heterocycles. The first-order valence-corrected chi connectivity index (χ1v) is 4.35. The minimum atomic E-state index is -0.608. The smallest absolute Gasteiger partial charge is 0.251 e. The van der Waals surface area contributed by atoms with E-state index in [9.17, 15) is 14.0 Å². The van der Waals surface area contributed by atoms with Gasteiger partial charge in [-0.05, 0) is 17.7 Å². The van der Waals surface area contributed by atoms with Crippen LogP contribution in [0.5, 0.6) is 0 Å². The molecule has 0 saturated heterocycles. The van der Waals surface area contributed by atoms with Gasteiger partial charge in [0.1, 0.15) is 6.67 Å². The van der Waals surface area contributed by atoms with E-state index in [0.717, 1.165) is 0 Å². The lowest BCUT2D eigenvalue weighted by Crippen LogP contribution is -2.33. The predicted molar refractivity (Wildman–Crippen MR) is 52.8 cm³/mol. The Morgan fingerprint density at radius 3 is 2.33 bits per heavy atom. The van der Waals surface area contributed by atoms with Crippen LogP contribution in [0.4, 0.5) is 4.39 Å². The van der Waals surface area contributed by atoms with E-state index in [1.807, 2.05) is 0 Å². The second kappa shape index (κ2) is 5.09. The summed E-state index contributed by atoms with van der Waals surface area (Å²) in [5.74, 6) is -1.01. The first-order chi connectivity index (χ1) is 7.13. The fourth-order valence-electron chi connectivity index (χ4n) is 1.01. The van der Waals surface area contributed by atoms with Crippen molar-refractivity contribution in [1.82, 2.24) is 5.32 Å². The molecular weight excluding hydrogens is 199 g/mol. The topological polar surface area (TPSA) is 72.2 Å². The third-order valence-corrected chi connectivity index (χ3v) is 1.79. The molecule has 80 valence electrons. The SMILES string of the molecule is NC(=O)CNC(=O)c1ccc(CF)cc1. The number of primary amides is 1. The molecule has 4 nitrogen and oxygen atoms in total. The number of nitrogens with two attached hydrogens (primary N) is 1. The fraction of sp³-hybridized carbons (Fsp3) is 0.200. The van der Waals surface area contributed by atoms with Gasteiger partial charge in [0.15, 0.2) is 0 Å². The van der Waals surface area contributed by atoms with E-state index in [-0.39, 0.29) is 6.54 Å². The van der Waals surface area contributed by atoms with E-state index in [1.54, 1.807) is 0 Å². The van der Waals surface area contributed by atoms with Gasteiger partial charge < -0.3 is 11.1 Å². The quantitative estimate of drug-likeness (QED) is 0.753. The summed E-state index contributed by atoms with van der Waals surface area (Å²) in [6, 6.07) is 6.01. The van der Waals surface area contributed by atoms with Crippen molar-refractivity contribution in [3.8, 4) is 0 Å². The predicted octanol–water partition coefficient (Wildman–Crippen LogP) is 0.371. The number of carbonyl (C=O) groups is 2. The molecule has 0 aliphatic rings. The average Bonchev–Trinajstić information content (AvgIpc) is 2.26. The van der Waals surface area contributed by atoms with Gasteiger partial charge >= 0.3 is 0 Å². The van der Waals surface area contributed by atoms with Crippen LogP contribution < -0.4 is 11.1 Å². The summed E-state index contributed by atoms with van der Waals surface area (Å²) < 4.78 is 12.2. The Kier molecular flexibility index (Phi) is 3.79. The highest BCUT2D eigenvalue weighted by Crippen LogP contribution is 2.05. The largest absolute Gasteiger partial charge is 0.368 e. The lowest BCUT2D eigenvalue weighted by atomic mass is 10.1. The van der Waals surface area contributed by atoms with Crippen LogP contribution in [-0.4, -0.2) is 18.4 Å². The zero-order valence-corrected chi connectivity index (χ0v) is 8.00. The Morgan fingerprint density at radius 2 is 1.87 bits per heavy atom. The minimum absolute atomic E-state index is 0.205. The fourth-order valence-corrected chi connectivity index (χ4v) is 1.01. The first-order valence-electron chi connectivity index (χ1n) is 4.35. The van der Waals surface area contributed by atoms with Crippen molar-refractivity contribution in [3.63, 3.8) is 0 Å². The molecule has 0 aliphatic carbocycles. The molecule has 5 heteroatoms. The van der Waals surface area contributed by atoms with Crippen LogP contribution >= 0.6 is 0 Å². The zero-order chi connectivity index (χ0) is 11.3. The Balaban J connectivity index is 2.62. The van der Waals surface area contributed by atoms with Crippen molar-refractivity contribution in [3.05, 3.63) is 35.4 Å². The van der Waals surface area contributed by atoms with Crippen LogP contribution in [0.1, 0.15) is 15.9 Å². The van der Waals surface area contributed by atoms with Gasteiger partial charge in [0, 0.05) is 5.56 Å². The number of hydrogen-bond donors (Lipinski definition) is 2. The Morgan fingerprint density at radius 1 is 1.27 bits per heavy atom. The van der Waals surface area contributed by atoms with Crippen molar-refractivity contribution < 1.29 is 14.0 Å². The van der Waals surface area contributed by atoms with Crippen molar-refractivity contribution in [1.29, 1.82) is 0 Å². The van der Waals surface area contributed by atoms with E-state index < -0.39 is 18.5 Å². The van der Waals surface area contributed by atoms with E-state index >= 15 is 0 Å². The van der Waals surface area contributed by atoms with Crippen molar-refractivity contribution in [2.24, 2.45) is 5.73 Å². The van der Waals surface area contributed by atoms with Crippen LogP contribution in [0.15, 0.2) is 24.3 Å². The summed E-state index contributed by atoms with van der Waals surface area (Å²) in [5, 5.41) is 2.33. The van der Waals surface area contributed by atoms with Gasteiger partial charge in [-0.1, -0.05) is 12.1 Å². The van der Waals surface area contributed by atoms with Gasteiger partial charge in [0.2, 0.25) is 5.91 Å². The monoisotopic (exact) mass is 210 g/mol.